The summed E-state index contributed by atoms with van der Waals surface area (Å²) in [5, 5.41) is 0. The summed E-state index contributed by atoms with van der Waals surface area (Å²) in [6, 6.07) is 6.70. The highest BCUT2D eigenvalue weighted by Gasteiger charge is 2.18. The molecule has 1 heterocycles. The summed E-state index contributed by atoms with van der Waals surface area (Å²) in [6.45, 7) is 1.15. The lowest BCUT2D eigenvalue weighted by atomic mass is 10.2. The molecule has 0 amide bonds. The summed E-state index contributed by atoms with van der Waals surface area (Å²) < 4.78 is 18.1. The standard InChI is InChI=1S/C11H14FN3O/c1-15(6-9-7-16-11(13)14-9)10-4-2-3-8(12)5-10/h2-5,9H,6-7H2,1H3,(H2,13,14)/t9-/m0/s1. The maximum Gasteiger partial charge on any atom is 0.282 e. The number of halogens is 1. The molecule has 86 valence electrons. The highest BCUT2D eigenvalue weighted by molar-refractivity contribution is 5.73. The van der Waals surface area contributed by atoms with Gasteiger partial charge in [-0.25, -0.2) is 9.38 Å². The van der Waals surface area contributed by atoms with E-state index in [0.29, 0.717) is 13.2 Å². The molecule has 0 saturated heterocycles. The summed E-state index contributed by atoms with van der Waals surface area (Å²) in [6.07, 6.45) is 0. The van der Waals surface area contributed by atoms with E-state index in [4.69, 9.17) is 10.5 Å². The third-order valence-electron chi connectivity index (χ3n) is 2.47. The zero-order chi connectivity index (χ0) is 11.5. The second-order valence-corrected chi connectivity index (χ2v) is 3.79. The molecule has 1 aromatic rings. The molecule has 4 nitrogen and oxygen atoms in total. The number of benzene rings is 1. The summed E-state index contributed by atoms with van der Waals surface area (Å²) >= 11 is 0. The average Bonchev–Trinajstić information content (AvgIpc) is 2.64. The minimum atomic E-state index is -0.241. The van der Waals surface area contributed by atoms with E-state index < -0.39 is 0 Å². The third-order valence-corrected chi connectivity index (χ3v) is 2.47. The van der Waals surface area contributed by atoms with Crippen LogP contribution in [0.3, 0.4) is 0 Å². The van der Waals surface area contributed by atoms with Crippen molar-refractivity contribution in [3.8, 4) is 0 Å². The lowest BCUT2D eigenvalue weighted by molar-refractivity contribution is 0.314. The molecule has 0 radical (unpaired) electrons. The lowest BCUT2D eigenvalue weighted by Gasteiger charge is -2.20. The fraction of sp³-hybridized carbons (Fsp3) is 0.364. The second kappa shape index (κ2) is 4.38. The maximum absolute atomic E-state index is 13.0. The Morgan fingerprint density at radius 2 is 2.44 bits per heavy atom. The Kier molecular flexibility index (Phi) is 2.94. The van der Waals surface area contributed by atoms with Gasteiger partial charge in [0.15, 0.2) is 0 Å². The first-order valence-electron chi connectivity index (χ1n) is 5.08. The number of anilines is 1. The van der Waals surface area contributed by atoms with Crippen LogP contribution in [0, 0.1) is 5.82 Å². The lowest BCUT2D eigenvalue weighted by Crippen LogP contribution is -2.28. The Bertz CT molecular complexity index is 408. The molecule has 0 aliphatic carbocycles. The molecule has 1 aromatic carbocycles. The minimum Gasteiger partial charge on any atom is -0.463 e. The van der Waals surface area contributed by atoms with Gasteiger partial charge >= 0.3 is 0 Å². The van der Waals surface area contributed by atoms with E-state index in [9.17, 15) is 4.39 Å². The van der Waals surface area contributed by atoms with E-state index in [-0.39, 0.29) is 17.9 Å². The molecule has 0 aromatic heterocycles. The number of amidine groups is 1. The Hall–Kier alpha value is -1.78. The molecule has 16 heavy (non-hydrogen) atoms. The SMILES string of the molecule is CN(C[C@H]1COC(N)=N1)c1cccc(F)c1. The first kappa shape index (κ1) is 10.7. The normalized spacial score (nSPS) is 19.1. The summed E-state index contributed by atoms with van der Waals surface area (Å²) in [7, 11) is 1.89. The molecule has 2 N–H and O–H groups in total. The number of hydrogen-bond acceptors (Lipinski definition) is 4. The van der Waals surface area contributed by atoms with Crippen LogP contribution in [0.5, 0.6) is 0 Å². The van der Waals surface area contributed by atoms with E-state index in [0.717, 1.165) is 5.69 Å². The Balaban J connectivity index is 2.00. The molecule has 1 aliphatic rings. The second-order valence-electron chi connectivity index (χ2n) is 3.79. The van der Waals surface area contributed by atoms with Gasteiger partial charge in [0.1, 0.15) is 18.5 Å². The van der Waals surface area contributed by atoms with Crippen LogP contribution in [-0.4, -0.2) is 32.3 Å². The Labute approximate surface area is 93.5 Å². The van der Waals surface area contributed by atoms with E-state index in [1.165, 1.54) is 12.1 Å². The van der Waals surface area contributed by atoms with E-state index in [2.05, 4.69) is 4.99 Å². The summed E-state index contributed by atoms with van der Waals surface area (Å²) in [4.78, 5) is 6.04. The number of ether oxygens (including phenoxy) is 1. The van der Waals surface area contributed by atoms with Crippen LogP contribution in [0.2, 0.25) is 0 Å². The van der Waals surface area contributed by atoms with Crippen molar-refractivity contribution >= 4 is 11.7 Å². The molecule has 0 saturated carbocycles. The van der Waals surface area contributed by atoms with Gasteiger partial charge in [-0.15, -0.1) is 0 Å². The van der Waals surface area contributed by atoms with Crippen molar-refractivity contribution in [3.05, 3.63) is 30.1 Å². The highest BCUT2D eigenvalue weighted by Crippen LogP contribution is 2.15. The largest absolute Gasteiger partial charge is 0.463 e. The van der Waals surface area contributed by atoms with Gasteiger partial charge in [-0.05, 0) is 18.2 Å². The van der Waals surface area contributed by atoms with Gasteiger partial charge in [0, 0.05) is 19.3 Å². The van der Waals surface area contributed by atoms with Crippen LogP contribution in [0.15, 0.2) is 29.3 Å². The van der Waals surface area contributed by atoms with Crippen LogP contribution in [0.25, 0.3) is 0 Å². The van der Waals surface area contributed by atoms with Crippen LogP contribution < -0.4 is 10.6 Å². The molecule has 1 atom stereocenters. The first-order chi connectivity index (χ1) is 7.65. The number of nitrogens with two attached hydrogens (primary N) is 1. The van der Waals surface area contributed by atoms with Crippen LogP contribution in [0.4, 0.5) is 10.1 Å². The van der Waals surface area contributed by atoms with Gasteiger partial charge in [0.2, 0.25) is 0 Å². The van der Waals surface area contributed by atoms with Gasteiger partial charge < -0.3 is 15.4 Å². The predicted molar refractivity (Wildman–Crippen MR) is 61.0 cm³/mol. The number of hydrogen-bond donors (Lipinski definition) is 1. The van der Waals surface area contributed by atoms with Crippen molar-refractivity contribution in [3.63, 3.8) is 0 Å². The molecule has 1 aliphatic heterocycles. The van der Waals surface area contributed by atoms with E-state index >= 15 is 0 Å². The molecule has 2 rings (SSSR count). The van der Waals surface area contributed by atoms with Gasteiger partial charge in [-0.2, -0.15) is 0 Å². The molecule has 0 unspecified atom stereocenters. The summed E-state index contributed by atoms with van der Waals surface area (Å²) in [5.41, 5.74) is 6.23. The molecule has 5 heteroatoms. The van der Waals surface area contributed by atoms with Crippen molar-refractivity contribution in [2.75, 3.05) is 25.1 Å². The highest BCUT2D eigenvalue weighted by atomic mass is 19.1. The molecular weight excluding hydrogens is 209 g/mol. The minimum absolute atomic E-state index is 0.0215. The average molecular weight is 223 g/mol. The predicted octanol–water partition coefficient (Wildman–Crippen LogP) is 0.975. The number of rotatable bonds is 3. The molecule has 0 spiro atoms. The fourth-order valence-electron chi connectivity index (χ4n) is 1.66. The Morgan fingerprint density at radius 3 is 3.06 bits per heavy atom. The van der Waals surface area contributed by atoms with Gasteiger partial charge in [-0.1, -0.05) is 6.07 Å². The van der Waals surface area contributed by atoms with Crippen LogP contribution in [0.1, 0.15) is 0 Å². The monoisotopic (exact) mass is 223 g/mol. The number of nitrogens with zero attached hydrogens (tertiary/aromatic N) is 2. The Morgan fingerprint density at radius 1 is 1.62 bits per heavy atom. The van der Waals surface area contributed by atoms with E-state index in [1.807, 2.05) is 18.0 Å². The van der Waals surface area contributed by atoms with Crippen molar-refractivity contribution in [1.29, 1.82) is 0 Å². The molecule has 0 bridgehead atoms. The fourth-order valence-corrected chi connectivity index (χ4v) is 1.66. The zero-order valence-corrected chi connectivity index (χ0v) is 9.06. The zero-order valence-electron chi connectivity index (χ0n) is 9.06. The van der Waals surface area contributed by atoms with Crippen molar-refractivity contribution in [1.82, 2.24) is 0 Å². The first-order valence-corrected chi connectivity index (χ1v) is 5.08. The third kappa shape index (κ3) is 2.42. The van der Waals surface area contributed by atoms with E-state index in [1.54, 1.807) is 6.07 Å². The topological polar surface area (TPSA) is 50.9 Å². The van der Waals surface area contributed by atoms with Gasteiger partial charge in [-0.3, -0.25) is 0 Å². The van der Waals surface area contributed by atoms with Crippen molar-refractivity contribution in [2.45, 2.75) is 6.04 Å². The molecular formula is C11H14FN3O. The van der Waals surface area contributed by atoms with Crippen LogP contribution in [-0.2, 0) is 4.74 Å². The van der Waals surface area contributed by atoms with Crippen molar-refractivity contribution in [2.24, 2.45) is 10.7 Å². The van der Waals surface area contributed by atoms with Crippen LogP contribution >= 0.6 is 0 Å². The van der Waals surface area contributed by atoms with Crippen molar-refractivity contribution < 1.29 is 9.13 Å². The molecule has 0 fully saturated rings. The summed E-state index contributed by atoms with van der Waals surface area (Å²) in [5.74, 6) is -0.241. The quantitative estimate of drug-likeness (QED) is 0.830. The van der Waals surface area contributed by atoms with Gasteiger partial charge in [0.05, 0.1) is 0 Å². The number of likely N-dealkylation sites (N-methyl/N-ethyl adjacent to an activating group) is 1. The smallest absolute Gasteiger partial charge is 0.282 e. The van der Waals surface area contributed by atoms with Gasteiger partial charge in [0.25, 0.3) is 6.02 Å². The number of aliphatic imine (C=N–C) groups is 1. The maximum atomic E-state index is 13.0.